The maximum Gasteiger partial charge on any atom is 0.167 e. The van der Waals surface area contributed by atoms with Gasteiger partial charge in [0.15, 0.2) is 5.65 Å². The van der Waals surface area contributed by atoms with Gasteiger partial charge < -0.3 is 10.6 Å². The number of nitriles is 1. The van der Waals surface area contributed by atoms with Crippen molar-refractivity contribution >= 4 is 16.9 Å². The fourth-order valence-electron chi connectivity index (χ4n) is 4.64. The van der Waals surface area contributed by atoms with Gasteiger partial charge in [0.05, 0.1) is 11.3 Å². The average Bonchev–Trinajstić information content (AvgIpc) is 3.23. The van der Waals surface area contributed by atoms with Gasteiger partial charge in [-0.2, -0.15) is 5.26 Å². The van der Waals surface area contributed by atoms with E-state index in [2.05, 4.69) is 35.9 Å². The molecule has 0 saturated carbocycles. The molecule has 0 amide bonds. The van der Waals surface area contributed by atoms with Gasteiger partial charge in [-0.1, -0.05) is 26.0 Å². The van der Waals surface area contributed by atoms with E-state index in [9.17, 15) is 4.39 Å². The normalized spacial score (nSPS) is 16.2. The smallest absolute Gasteiger partial charge is 0.167 e. The number of rotatable bonds is 4. The zero-order chi connectivity index (χ0) is 23.8. The minimum Gasteiger partial charge on any atom is -0.368 e. The zero-order valence-corrected chi connectivity index (χ0v) is 19.4. The first-order valence-electron chi connectivity index (χ1n) is 11.6. The Morgan fingerprint density at radius 2 is 1.94 bits per heavy atom. The van der Waals surface area contributed by atoms with Crippen molar-refractivity contribution in [3.8, 4) is 23.1 Å². The van der Waals surface area contributed by atoms with Gasteiger partial charge in [0.2, 0.25) is 0 Å². The number of piperidine rings is 1. The standard InChI is InChI=1S/C27H27FN6/c1-17(2)18-7-9-22(10-8-18)34-26(19-5-6-20(15-29)23(28)14-19)32-25-24(11-12-31-27(25)34)33-13-3-4-21(30)16-33/h5-12,14,17,21H,3-4,13,16,30H2,1-2H3/t21-/m1/s1. The largest absolute Gasteiger partial charge is 0.368 e. The molecule has 2 N–H and O–H groups in total. The maximum absolute atomic E-state index is 14.6. The predicted molar refractivity (Wildman–Crippen MR) is 132 cm³/mol. The number of hydrogen-bond donors (Lipinski definition) is 1. The molecule has 1 fully saturated rings. The molecule has 0 unspecified atom stereocenters. The second kappa shape index (κ2) is 8.88. The van der Waals surface area contributed by atoms with E-state index < -0.39 is 5.82 Å². The monoisotopic (exact) mass is 454 g/mol. The van der Waals surface area contributed by atoms with Crippen LogP contribution in [-0.2, 0) is 0 Å². The third-order valence-electron chi connectivity index (χ3n) is 6.49. The summed E-state index contributed by atoms with van der Waals surface area (Å²) >= 11 is 0. The van der Waals surface area contributed by atoms with Gasteiger partial charge in [-0.3, -0.25) is 4.57 Å². The molecule has 3 heterocycles. The maximum atomic E-state index is 14.6. The van der Waals surface area contributed by atoms with Crippen LogP contribution < -0.4 is 10.6 Å². The van der Waals surface area contributed by atoms with Crippen molar-refractivity contribution in [3.05, 3.63) is 71.7 Å². The van der Waals surface area contributed by atoms with Gasteiger partial charge in [-0.25, -0.2) is 14.4 Å². The lowest BCUT2D eigenvalue weighted by molar-refractivity contribution is 0.507. The van der Waals surface area contributed by atoms with Gasteiger partial charge in [0, 0.05) is 36.6 Å². The molecule has 172 valence electrons. The lowest BCUT2D eigenvalue weighted by atomic mass is 10.0. The fourth-order valence-corrected chi connectivity index (χ4v) is 4.64. The number of halogens is 1. The number of pyridine rings is 1. The highest BCUT2D eigenvalue weighted by Crippen LogP contribution is 2.34. The van der Waals surface area contributed by atoms with E-state index >= 15 is 0 Å². The first kappa shape index (κ1) is 22.1. The molecule has 6 nitrogen and oxygen atoms in total. The van der Waals surface area contributed by atoms with Crippen molar-refractivity contribution in [2.24, 2.45) is 5.73 Å². The van der Waals surface area contributed by atoms with Crippen LogP contribution in [0.25, 0.3) is 28.2 Å². The average molecular weight is 455 g/mol. The first-order valence-corrected chi connectivity index (χ1v) is 11.6. The van der Waals surface area contributed by atoms with Crippen molar-refractivity contribution < 1.29 is 4.39 Å². The number of nitrogens with zero attached hydrogens (tertiary/aromatic N) is 5. The molecule has 34 heavy (non-hydrogen) atoms. The number of aromatic nitrogens is 3. The van der Waals surface area contributed by atoms with Crippen LogP contribution >= 0.6 is 0 Å². The van der Waals surface area contributed by atoms with Crippen LogP contribution in [0.1, 0.15) is 43.7 Å². The molecule has 0 bridgehead atoms. The van der Waals surface area contributed by atoms with Crippen molar-refractivity contribution in [2.45, 2.75) is 38.6 Å². The first-order chi connectivity index (χ1) is 16.5. The molecule has 1 aliphatic heterocycles. The second-order valence-corrected chi connectivity index (χ2v) is 9.17. The van der Waals surface area contributed by atoms with Crippen LogP contribution in [0.15, 0.2) is 54.7 Å². The molecule has 0 spiro atoms. The Labute approximate surface area is 198 Å². The van der Waals surface area contributed by atoms with E-state index in [-0.39, 0.29) is 11.6 Å². The number of anilines is 1. The minimum atomic E-state index is -0.566. The highest BCUT2D eigenvalue weighted by molar-refractivity contribution is 5.90. The molecule has 4 aromatic rings. The van der Waals surface area contributed by atoms with E-state index in [0.717, 1.165) is 42.8 Å². The van der Waals surface area contributed by atoms with E-state index in [1.165, 1.54) is 17.7 Å². The van der Waals surface area contributed by atoms with Gasteiger partial charge in [0.1, 0.15) is 23.2 Å². The van der Waals surface area contributed by atoms with Gasteiger partial charge in [-0.05, 0) is 60.7 Å². The molecule has 1 aliphatic rings. The number of nitrogens with two attached hydrogens (primary N) is 1. The molecule has 2 aromatic heterocycles. The molecular weight excluding hydrogens is 427 g/mol. The summed E-state index contributed by atoms with van der Waals surface area (Å²) in [5.41, 5.74) is 11.4. The summed E-state index contributed by atoms with van der Waals surface area (Å²) in [6.45, 7) is 5.98. The summed E-state index contributed by atoms with van der Waals surface area (Å²) in [6, 6.07) is 16.9. The lowest BCUT2D eigenvalue weighted by Crippen LogP contribution is -2.42. The van der Waals surface area contributed by atoms with Crippen molar-refractivity contribution in [2.75, 3.05) is 18.0 Å². The molecule has 0 radical (unpaired) electrons. The molecule has 5 rings (SSSR count). The van der Waals surface area contributed by atoms with Gasteiger partial charge in [0.25, 0.3) is 0 Å². The van der Waals surface area contributed by atoms with E-state index in [4.69, 9.17) is 16.0 Å². The fraction of sp³-hybridized carbons (Fsp3) is 0.296. The number of benzene rings is 2. The summed E-state index contributed by atoms with van der Waals surface area (Å²) in [5.74, 6) is 0.426. The number of imidazole rings is 1. The molecule has 1 saturated heterocycles. The third kappa shape index (κ3) is 3.91. The Kier molecular flexibility index (Phi) is 5.76. The van der Waals surface area contributed by atoms with Crippen LogP contribution in [0.2, 0.25) is 0 Å². The van der Waals surface area contributed by atoms with E-state index in [1.54, 1.807) is 12.3 Å². The van der Waals surface area contributed by atoms with Crippen molar-refractivity contribution in [1.29, 1.82) is 5.26 Å². The van der Waals surface area contributed by atoms with Gasteiger partial charge in [-0.15, -0.1) is 0 Å². The quantitative estimate of drug-likeness (QED) is 0.461. The van der Waals surface area contributed by atoms with Gasteiger partial charge >= 0.3 is 0 Å². The lowest BCUT2D eigenvalue weighted by Gasteiger charge is -2.32. The Morgan fingerprint density at radius 1 is 1.15 bits per heavy atom. The second-order valence-electron chi connectivity index (χ2n) is 9.17. The topological polar surface area (TPSA) is 83.8 Å². The Morgan fingerprint density at radius 3 is 2.62 bits per heavy atom. The molecule has 0 aliphatic carbocycles. The molecular formula is C27H27FN6. The zero-order valence-electron chi connectivity index (χ0n) is 19.4. The van der Waals surface area contributed by atoms with Crippen LogP contribution in [0.5, 0.6) is 0 Å². The Balaban J connectivity index is 1.73. The van der Waals surface area contributed by atoms with E-state index in [1.807, 2.05) is 28.8 Å². The summed E-state index contributed by atoms with van der Waals surface area (Å²) in [4.78, 5) is 11.9. The van der Waals surface area contributed by atoms with Crippen molar-refractivity contribution in [1.82, 2.24) is 14.5 Å². The summed E-state index contributed by atoms with van der Waals surface area (Å²) in [6.07, 6.45) is 3.83. The van der Waals surface area contributed by atoms with Crippen molar-refractivity contribution in [3.63, 3.8) is 0 Å². The number of hydrogen-bond acceptors (Lipinski definition) is 5. The van der Waals surface area contributed by atoms with Crippen LogP contribution in [0.3, 0.4) is 0 Å². The molecule has 1 atom stereocenters. The molecule has 2 aromatic carbocycles. The SMILES string of the molecule is CC(C)c1ccc(-n2c(-c3ccc(C#N)c(F)c3)nc3c(N4CCC[C@@H](N)C4)ccnc32)cc1. The Hall–Kier alpha value is -3.76. The minimum absolute atomic E-state index is 0.00816. The Bertz CT molecular complexity index is 1380. The number of fused-ring (bicyclic) bond motifs is 1. The molecule has 7 heteroatoms. The third-order valence-corrected chi connectivity index (χ3v) is 6.49. The highest BCUT2D eigenvalue weighted by Gasteiger charge is 2.24. The predicted octanol–water partition coefficient (Wildman–Crippen LogP) is 5.15. The summed E-state index contributed by atoms with van der Waals surface area (Å²) in [7, 11) is 0. The summed E-state index contributed by atoms with van der Waals surface area (Å²) in [5, 5.41) is 9.16. The van der Waals surface area contributed by atoms with Crippen LogP contribution in [-0.4, -0.2) is 33.7 Å². The summed E-state index contributed by atoms with van der Waals surface area (Å²) < 4.78 is 16.5. The van der Waals surface area contributed by atoms with E-state index in [0.29, 0.717) is 23.0 Å². The highest BCUT2D eigenvalue weighted by atomic mass is 19.1. The van der Waals surface area contributed by atoms with Crippen LogP contribution in [0, 0.1) is 17.1 Å². The van der Waals surface area contributed by atoms with Crippen LogP contribution in [0.4, 0.5) is 10.1 Å².